The molecule has 0 radical (unpaired) electrons. The third-order valence-electron chi connectivity index (χ3n) is 4.65. The number of imidazole rings is 1. The number of aliphatic carboxylic acids is 1. The highest BCUT2D eigenvalue weighted by Gasteiger charge is 2.38. The van der Waals surface area contributed by atoms with Crippen molar-refractivity contribution in [3.63, 3.8) is 0 Å². The van der Waals surface area contributed by atoms with E-state index in [-0.39, 0.29) is 16.7 Å². The van der Waals surface area contributed by atoms with E-state index in [1.165, 1.54) is 12.7 Å². The molecule has 146 valence electrons. The molecule has 0 aromatic carbocycles. The molecule has 10 nitrogen and oxygen atoms in total. The number of aromatic nitrogens is 4. The molecule has 0 bridgehead atoms. The number of nitrogens with two attached hydrogens (primary N) is 2. The van der Waals surface area contributed by atoms with Crippen LogP contribution < -0.4 is 11.5 Å². The van der Waals surface area contributed by atoms with Crippen LogP contribution in [0.4, 0.5) is 5.82 Å². The topological polar surface area (TPSA) is 173 Å². The number of carboxylic acid groups (broad SMARTS) is 1. The summed E-state index contributed by atoms with van der Waals surface area (Å²) in [5, 5.41) is 29.8. The van der Waals surface area contributed by atoms with Crippen molar-refractivity contribution in [1.82, 2.24) is 19.5 Å². The maximum Gasteiger partial charge on any atom is 0.320 e. The second-order valence-corrected chi connectivity index (χ2v) is 8.87. The molecule has 2 aromatic rings. The van der Waals surface area contributed by atoms with Crippen LogP contribution >= 0.6 is 0 Å². The first-order chi connectivity index (χ1) is 12.8. The lowest BCUT2D eigenvalue weighted by Crippen LogP contribution is -2.33. The molecule has 11 heteroatoms. The smallest absolute Gasteiger partial charge is 0.320 e. The Kier molecular flexibility index (Phi) is 5.65. The van der Waals surface area contributed by atoms with Gasteiger partial charge in [-0.3, -0.25) is 4.79 Å². The molecule has 27 heavy (non-hydrogen) atoms. The SMILES string of the molecule is C[S+](CCC(N)C(=O)O)CC1=C[C@@H](n2cnc3c(N)ncnc32)[C@H](O)[C@@H]1O. The number of aliphatic hydroxyl groups is 2. The van der Waals surface area contributed by atoms with Gasteiger partial charge in [0.2, 0.25) is 0 Å². The predicted octanol–water partition coefficient (Wildman–Crippen LogP) is -1.34. The zero-order chi connectivity index (χ0) is 19.7. The van der Waals surface area contributed by atoms with E-state index in [0.717, 1.165) is 0 Å². The van der Waals surface area contributed by atoms with Gasteiger partial charge in [0.15, 0.2) is 11.5 Å². The fourth-order valence-electron chi connectivity index (χ4n) is 3.10. The molecule has 1 aliphatic rings. The molecule has 0 saturated carbocycles. The molecule has 2 unspecified atom stereocenters. The summed E-state index contributed by atoms with van der Waals surface area (Å²) in [4.78, 5) is 23.1. The van der Waals surface area contributed by atoms with Crippen LogP contribution in [0, 0.1) is 0 Å². The van der Waals surface area contributed by atoms with Crippen LogP contribution in [0.15, 0.2) is 24.3 Å². The summed E-state index contributed by atoms with van der Waals surface area (Å²) in [5.74, 6) is 0.428. The van der Waals surface area contributed by atoms with Gasteiger partial charge < -0.3 is 31.4 Å². The van der Waals surface area contributed by atoms with Crippen molar-refractivity contribution in [2.75, 3.05) is 23.5 Å². The molecular formula is C16H23N6O4S+. The van der Waals surface area contributed by atoms with Crippen molar-refractivity contribution >= 4 is 33.8 Å². The number of fused-ring (bicyclic) bond motifs is 1. The van der Waals surface area contributed by atoms with Crippen molar-refractivity contribution < 1.29 is 20.1 Å². The second kappa shape index (κ2) is 7.80. The van der Waals surface area contributed by atoms with Crippen LogP contribution in [0.5, 0.6) is 0 Å². The molecule has 7 N–H and O–H groups in total. The highest BCUT2D eigenvalue weighted by atomic mass is 32.2. The van der Waals surface area contributed by atoms with Crippen molar-refractivity contribution in [2.45, 2.75) is 30.7 Å². The molecule has 2 heterocycles. The number of hydrogen-bond donors (Lipinski definition) is 5. The third-order valence-corrected chi connectivity index (χ3v) is 6.41. The van der Waals surface area contributed by atoms with E-state index >= 15 is 0 Å². The van der Waals surface area contributed by atoms with Crippen LogP contribution in [0.2, 0.25) is 0 Å². The Morgan fingerprint density at radius 1 is 1.37 bits per heavy atom. The number of carbonyl (C=O) groups is 1. The third kappa shape index (κ3) is 3.90. The Labute approximate surface area is 158 Å². The fraction of sp³-hybridized carbons (Fsp3) is 0.500. The lowest BCUT2D eigenvalue weighted by molar-refractivity contribution is -0.138. The number of rotatable bonds is 7. The highest BCUT2D eigenvalue weighted by molar-refractivity contribution is 7.96. The van der Waals surface area contributed by atoms with Gasteiger partial charge in [0.25, 0.3) is 0 Å². The molecule has 5 atom stereocenters. The molecule has 0 fully saturated rings. The van der Waals surface area contributed by atoms with E-state index in [1.807, 2.05) is 12.3 Å². The molecular weight excluding hydrogens is 372 g/mol. The van der Waals surface area contributed by atoms with E-state index in [0.29, 0.717) is 34.7 Å². The zero-order valence-corrected chi connectivity index (χ0v) is 15.6. The predicted molar refractivity (Wildman–Crippen MR) is 102 cm³/mol. The summed E-state index contributed by atoms with van der Waals surface area (Å²) < 4.78 is 1.67. The van der Waals surface area contributed by atoms with Gasteiger partial charge in [0, 0.05) is 12.0 Å². The first-order valence-electron chi connectivity index (χ1n) is 8.36. The van der Waals surface area contributed by atoms with Crippen molar-refractivity contribution in [2.24, 2.45) is 5.73 Å². The van der Waals surface area contributed by atoms with Gasteiger partial charge >= 0.3 is 5.97 Å². The van der Waals surface area contributed by atoms with Crippen molar-refractivity contribution in [3.05, 3.63) is 24.3 Å². The van der Waals surface area contributed by atoms with E-state index in [9.17, 15) is 15.0 Å². The number of aliphatic hydroxyl groups excluding tert-OH is 2. The molecule has 0 aliphatic heterocycles. The van der Waals surface area contributed by atoms with Gasteiger partial charge in [-0.1, -0.05) is 6.08 Å². The number of nitrogen functional groups attached to an aromatic ring is 1. The first kappa shape index (κ1) is 19.5. The molecule has 3 rings (SSSR count). The number of nitrogens with zero attached hydrogens (tertiary/aromatic N) is 4. The fourth-order valence-corrected chi connectivity index (χ4v) is 4.73. The average Bonchev–Trinajstić information content (AvgIpc) is 3.17. The minimum Gasteiger partial charge on any atom is -0.480 e. The van der Waals surface area contributed by atoms with E-state index < -0.39 is 30.3 Å². The number of anilines is 1. The van der Waals surface area contributed by atoms with Gasteiger partial charge in [-0.05, 0) is 10.9 Å². The summed E-state index contributed by atoms with van der Waals surface area (Å²) in [5.41, 5.74) is 13.0. The molecule has 0 spiro atoms. The summed E-state index contributed by atoms with van der Waals surface area (Å²) in [7, 11) is -0.178. The van der Waals surface area contributed by atoms with Gasteiger partial charge in [0.1, 0.15) is 41.6 Å². The van der Waals surface area contributed by atoms with Gasteiger partial charge in [-0.2, -0.15) is 0 Å². The second-order valence-electron chi connectivity index (χ2n) is 6.61. The molecule has 2 aromatic heterocycles. The van der Waals surface area contributed by atoms with Crippen molar-refractivity contribution in [3.8, 4) is 0 Å². The van der Waals surface area contributed by atoms with E-state index in [2.05, 4.69) is 15.0 Å². The minimum absolute atomic E-state index is 0.178. The lowest BCUT2D eigenvalue weighted by Gasteiger charge is -2.18. The first-order valence-corrected chi connectivity index (χ1v) is 10.3. The van der Waals surface area contributed by atoms with Crippen LogP contribution in [0.1, 0.15) is 12.5 Å². The molecule has 1 aliphatic carbocycles. The largest absolute Gasteiger partial charge is 0.480 e. The number of carboxylic acids is 1. The Balaban J connectivity index is 1.75. The lowest BCUT2D eigenvalue weighted by atomic mass is 10.1. The van der Waals surface area contributed by atoms with Gasteiger partial charge in [-0.15, -0.1) is 0 Å². The standard InChI is InChI=1S/C16H22N6O4S/c1-27(3-2-9(17)16(25)26)5-8-4-10(13(24)12(8)23)22-7-21-11-14(18)19-6-20-15(11)22/h4,6-7,9-10,12-13,23-24H,2-3,5,17H2,1H3,(H2-,18,19,20,25,26)/p+1/t9?,10-,12-,13+,27?/m1/s1. The summed E-state index contributed by atoms with van der Waals surface area (Å²) >= 11 is 0. The quantitative estimate of drug-likeness (QED) is 0.281. The Bertz CT molecular complexity index is 872. The van der Waals surface area contributed by atoms with Crippen LogP contribution in [-0.4, -0.2) is 76.8 Å². The highest BCUT2D eigenvalue weighted by Crippen LogP contribution is 2.32. The van der Waals surface area contributed by atoms with Crippen LogP contribution in [-0.2, 0) is 15.7 Å². The van der Waals surface area contributed by atoms with Crippen LogP contribution in [0.25, 0.3) is 11.2 Å². The molecule has 0 amide bonds. The zero-order valence-electron chi connectivity index (χ0n) is 14.8. The summed E-state index contributed by atoms with van der Waals surface area (Å²) in [6, 6.07) is -1.41. The normalized spacial score (nSPS) is 24.7. The van der Waals surface area contributed by atoms with E-state index in [1.54, 1.807) is 4.57 Å². The minimum atomic E-state index is -1.04. The summed E-state index contributed by atoms with van der Waals surface area (Å²) in [6.07, 6.45) is 4.98. The maximum atomic E-state index is 10.8. The van der Waals surface area contributed by atoms with E-state index in [4.69, 9.17) is 16.6 Å². The monoisotopic (exact) mass is 395 g/mol. The van der Waals surface area contributed by atoms with Gasteiger partial charge in [0.05, 0.1) is 18.6 Å². The Morgan fingerprint density at radius 2 is 2.11 bits per heavy atom. The number of hydrogen-bond acceptors (Lipinski definition) is 8. The Morgan fingerprint density at radius 3 is 2.81 bits per heavy atom. The Hall–Kier alpha value is -2.21. The van der Waals surface area contributed by atoms with Crippen LogP contribution in [0.3, 0.4) is 0 Å². The molecule has 0 saturated heterocycles. The van der Waals surface area contributed by atoms with Gasteiger partial charge in [-0.25, -0.2) is 15.0 Å². The summed E-state index contributed by atoms with van der Waals surface area (Å²) in [6.45, 7) is 0. The maximum absolute atomic E-state index is 10.8. The average molecular weight is 395 g/mol. The van der Waals surface area contributed by atoms with Crippen molar-refractivity contribution in [1.29, 1.82) is 0 Å².